The number of fused-ring (bicyclic) bond motifs is 4. The summed E-state index contributed by atoms with van der Waals surface area (Å²) in [5, 5.41) is 9.25. The average molecular weight is 571 g/mol. The van der Waals surface area contributed by atoms with Gasteiger partial charge in [0.2, 0.25) is 0 Å². The van der Waals surface area contributed by atoms with Crippen LogP contribution in [0.4, 0.5) is 22.9 Å². The summed E-state index contributed by atoms with van der Waals surface area (Å²) in [4.78, 5) is 12.7. The summed E-state index contributed by atoms with van der Waals surface area (Å²) in [6.07, 6.45) is 0. The first-order valence-electron chi connectivity index (χ1n) is 14.1. The van der Waals surface area contributed by atoms with Gasteiger partial charge in [-0.3, -0.25) is 0 Å². The van der Waals surface area contributed by atoms with Gasteiger partial charge in [-0.2, -0.15) is 5.10 Å². The fourth-order valence-electron chi connectivity index (χ4n) is 5.70. The number of aliphatic imine (C=N–C) groups is 2. The van der Waals surface area contributed by atoms with Crippen molar-refractivity contribution in [3.63, 3.8) is 0 Å². The Labute approximate surface area is 251 Å². The zero-order chi connectivity index (χ0) is 29.0. The Morgan fingerprint density at radius 3 is 2.19 bits per heavy atom. The molecular weight excluding hydrogens is 540 g/mol. The predicted molar refractivity (Wildman–Crippen MR) is 173 cm³/mol. The van der Waals surface area contributed by atoms with Gasteiger partial charge in [0, 0.05) is 16.3 Å². The van der Waals surface area contributed by atoms with Gasteiger partial charge in [0.05, 0.1) is 28.8 Å². The minimum atomic E-state index is -0.169. The summed E-state index contributed by atoms with van der Waals surface area (Å²) in [6, 6.07) is 34.9. The Morgan fingerprint density at radius 2 is 1.48 bits per heavy atom. The summed E-state index contributed by atoms with van der Waals surface area (Å²) in [7, 11) is 0. The lowest BCUT2D eigenvalue weighted by Gasteiger charge is -2.40. The van der Waals surface area contributed by atoms with Crippen LogP contribution in [-0.4, -0.2) is 21.5 Å². The number of hydrogen-bond donors (Lipinski definition) is 1. The number of anilines is 2. The monoisotopic (exact) mass is 570 g/mol. The number of amidine groups is 2. The van der Waals surface area contributed by atoms with E-state index in [9.17, 15) is 0 Å². The number of nitrogens with zero attached hydrogens (tertiary/aromatic N) is 5. The van der Waals surface area contributed by atoms with Gasteiger partial charge in [-0.25, -0.2) is 14.7 Å². The highest BCUT2D eigenvalue weighted by Crippen LogP contribution is 2.48. The van der Waals surface area contributed by atoms with E-state index in [0.717, 1.165) is 51.2 Å². The zero-order valence-electron chi connectivity index (χ0n) is 24.0. The molecule has 0 fully saturated rings. The van der Waals surface area contributed by atoms with Crippen LogP contribution in [0.5, 0.6) is 0 Å². The quantitative estimate of drug-likeness (QED) is 0.235. The minimum absolute atomic E-state index is 0.0526. The molecule has 7 rings (SSSR count). The van der Waals surface area contributed by atoms with Crippen LogP contribution in [0.25, 0.3) is 5.69 Å². The smallest absolute Gasteiger partial charge is 0.179 e. The van der Waals surface area contributed by atoms with Crippen molar-refractivity contribution in [2.45, 2.75) is 39.2 Å². The van der Waals surface area contributed by atoms with E-state index in [1.165, 1.54) is 5.56 Å². The second kappa shape index (κ2) is 10.00. The molecule has 2 aliphatic heterocycles. The summed E-state index contributed by atoms with van der Waals surface area (Å²) in [5.41, 5.74) is 8.24. The highest BCUT2D eigenvalue weighted by Gasteiger charge is 2.41. The molecule has 2 aliphatic rings. The third kappa shape index (κ3) is 4.48. The van der Waals surface area contributed by atoms with Crippen molar-refractivity contribution in [1.82, 2.24) is 9.78 Å². The molecule has 1 N–H and O–H groups in total. The molecule has 0 spiro atoms. The molecule has 7 heteroatoms. The molecule has 5 aromatic rings. The molecule has 1 atom stereocenters. The first kappa shape index (κ1) is 26.2. The second-order valence-electron chi connectivity index (χ2n) is 11.7. The van der Waals surface area contributed by atoms with E-state index in [0.29, 0.717) is 10.9 Å². The van der Waals surface area contributed by atoms with E-state index >= 15 is 0 Å². The van der Waals surface area contributed by atoms with Crippen molar-refractivity contribution in [2.24, 2.45) is 9.98 Å². The highest BCUT2D eigenvalue weighted by atomic mass is 35.5. The largest absolute Gasteiger partial charge is 0.337 e. The van der Waals surface area contributed by atoms with Crippen LogP contribution in [-0.2, 0) is 5.41 Å². The van der Waals surface area contributed by atoms with Crippen LogP contribution in [0, 0.1) is 6.92 Å². The minimum Gasteiger partial charge on any atom is -0.337 e. The molecule has 0 radical (unpaired) electrons. The lowest BCUT2D eigenvalue weighted by molar-refractivity contribution is 0.589. The fourth-order valence-corrected chi connectivity index (χ4v) is 5.82. The van der Waals surface area contributed by atoms with E-state index < -0.39 is 0 Å². The summed E-state index contributed by atoms with van der Waals surface area (Å²) < 4.78 is 1.95. The van der Waals surface area contributed by atoms with Crippen molar-refractivity contribution in [3.8, 4) is 5.69 Å². The van der Waals surface area contributed by atoms with E-state index in [1.807, 2.05) is 59.3 Å². The van der Waals surface area contributed by atoms with Gasteiger partial charge in [-0.05, 0) is 72.0 Å². The lowest BCUT2D eigenvalue weighted by Crippen LogP contribution is -2.46. The molecule has 0 saturated carbocycles. The summed E-state index contributed by atoms with van der Waals surface area (Å²) in [5.74, 6) is 2.20. The first-order valence-corrected chi connectivity index (χ1v) is 14.5. The third-order valence-corrected chi connectivity index (χ3v) is 8.09. The molecule has 0 bridgehead atoms. The van der Waals surface area contributed by atoms with Gasteiger partial charge in [0.1, 0.15) is 0 Å². The Hall–Kier alpha value is -4.68. The molecule has 3 heterocycles. The molecule has 42 heavy (non-hydrogen) atoms. The van der Waals surface area contributed by atoms with Crippen LogP contribution >= 0.6 is 11.6 Å². The van der Waals surface area contributed by atoms with Crippen molar-refractivity contribution in [2.75, 3.05) is 10.2 Å². The molecule has 6 nitrogen and oxygen atoms in total. The predicted octanol–water partition coefficient (Wildman–Crippen LogP) is 8.93. The summed E-state index contributed by atoms with van der Waals surface area (Å²) in [6.45, 7) is 8.80. The molecular formula is C35H31ClN6. The number of aromatic nitrogens is 2. The highest BCUT2D eigenvalue weighted by molar-refractivity contribution is 6.51. The van der Waals surface area contributed by atoms with Crippen LogP contribution < -0.4 is 10.2 Å². The van der Waals surface area contributed by atoms with Gasteiger partial charge >= 0.3 is 0 Å². The van der Waals surface area contributed by atoms with Crippen LogP contribution in [0.2, 0.25) is 5.02 Å². The molecule has 0 amide bonds. The number of halogens is 1. The Bertz CT molecular complexity index is 1850. The van der Waals surface area contributed by atoms with Gasteiger partial charge in [-0.1, -0.05) is 87.0 Å². The van der Waals surface area contributed by atoms with Crippen LogP contribution in [0.3, 0.4) is 0 Å². The number of benzene rings is 4. The van der Waals surface area contributed by atoms with Crippen LogP contribution in [0.1, 0.15) is 49.2 Å². The number of para-hydroxylation sites is 3. The van der Waals surface area contributed by atoms with Crippen molar-refractivity contribution >= 4 is 46.2 Å². The lowest BCUT2D eigenvalue weighted by atomic mass is 9.85. The molecule has 0 aliphatic carbocycles. The van der Waals surface area contributed by atoms with Gasteiger partial charge in [0.15, 0.2) is 17.5 Å². The zero-order valence-corrected chi connectivity index (χ0v) is 24.8. The maximum atomic E-state index is 6.19. The van der Waals surface area contributed by atoms with E-state index in [4.69, 9.17) is 26.7 Å². The normalized spacial score (nSPS) is 15.7. The van der Waals surface area contributed by atoms with Crippen molar-refractivity contribution < 1.29 is 0 Å². The van der Waals surface area contributed by atoms with Crippen molar-refractivity contribution in [3.05, 3.63) is 131 Å². The van der Waals surface area contributed by atoms with Gasteiger partial charge in [0.25, 0.3) is 0 Å². The van der Waals surface area contributed by atoms with E-state index in [1.54, 1.807) is 0 Å². The summed E-state index contributed by atoms with van der Waals surface area (Å²) >= 11 is 6.19. The molecule has 0 saturated heterocycles. The maximum Gasteiger partial charge on any atom is 0.179 e. The number of aryl methyl sites for hydroxylation is 1. The average Bonchev–Trinajstić information content (AvgIpc) is 3.33. The Balaban J connectivity index is 1.47. The standard InChI is InChI=1S/C35H31ClN6/c1-22-30-31(23-14-16-24(17-15-23)35(2,3)4)41-29-13-9-8-12-28(29)38-32(37-26-20-18-25(36)19-21-26)34(41)39-33(30)42(40-22)27-10-6-5-7-11-27/h5-21,31H,1-4H3,(H,37,38)/t31-/m1/s1. The van der Waals surface area contributed by atoms with Gasteiger partial charge in [-0.15, -0.1) is 0 Å². The number of nitrogens with one attached hydrogen (secondary N) is 1. The van der Waals surface area contributed by atoms with E-state index in [-0.39, 0.29) is 11.5 Å². The third-order valence-electron chi connectivity index (χ3n) is 7.84. The molecule has 208 valence electrons. The number of rotatable bonds is 3. The Kier molecular flexibility index (Phi) is 6.24. The molecule has 1 aromatic heterocycles. The van der Waals surface area contributed by atoms with Crippen LogP contribution in [0.15, 0.2) is 113 Å². The molecule has 4 aromatic carbocycles. The maximum absolute atomic E-state index is 6.19. The van der Waals surface area contributed by atoms with Gasteiger partial charge < -0.3 is 10.2 Å². The van der Waals surface area contributed by atoms with E-state index in [2.05, 4.69) is 86.4 Å². The second-order valence-corrected chi connectivity index (χ2v) is 12.2. The first-order chi connectivity index (χ1) is 20.3. The molecule has 0 unspecified atom stereocenters. The fraction of sp³-hybridized carbons (Fsp3) is 0.171. The Morgan fingerprint density at radius 1 is 0.786 bits per heavy atom. The SMILES string of the molecule is Cc1nn(-c2ccccc2)c2c1[C@@H](c1ccc(C(C)(C)C)cc1)N1C(=N2)C(Nc2ccc(Cl)cc2)=Nc2ccccc21. The topological polar surface area (TPSA) is 57.8 Å². The number of hydrogen-bond acceptors (Lipinski definition) is 5. The van der Waals surface area contributed by atoms with Crippen molar-refractivity contribution in [1.29, 1.82) is 0 Å².